The van der Waals surface area contributed by atoms with Crippen molar-refractivity contribution < 1.29 is 13.2 Å². The van der Waals surface area contributed by atoms with E-state index < -0.39 is 6.68 Å². The molecule has 0 saturated heterocycles. The molecule has 0 aliphatic carbocycles. The topological polar surface area (TPSA) is 0 Å². The Bertz CT molecular complexity index is 752. The van der Waals surface area contributed by atoms with Crippen LogP contribution in [0, 0.1) is 0 Å². The lowest BCUT2D eigenvalue weighted by Gasteiger charge is -2.19. The van der Waals surface area contributed by atoms with Gasteiger partial charge in [0.2, 0.25) is 0 Å². The molecule has 0 radical (unpaired) electrons. The summed E-state index contributed by atoms with van der Waals surface area (Å²) in [5.41, 5.74) is 1.57. The lowest BCUT2D eigenvalue weighted by Crippen LogP contribution is -2.11. The van der Waals surface area contributed by atoms with Crippen molar-refractivity contribution in [1.29, 1.82) is 0 Å². The van der Waals surface area contributed by atoms with Crippen LogP contribution in [0.1, 0.15) is 26.3 Å². The van der Waals surface area contributed by atoms with Crippen LogP contribution in [0.4, 0.5) is 13.2 Å². The molecular formula is C23H24F3S+. The van der Waals surface area contributed by atoms with E-state index in [9.17, 15) is 13.2 Å². The molecule has 0 atom stereocenters. The van der Waals surface area contributed by atoms with Gasteiger partial charge in [0.1, 0.15) is 0 Å². The third-order valence-electron chi connectivity index (χ3n) is 3.91. The van der Waals surface area contributed by atoms with Gasteiger partial charge in [-0.1, -0.05) is 69.3 Å². The van der Waals surface area contributed by atoms with Crippen molar-refractivity contribution in [2.24, 2.45) is 0 Å². The van der Waals surface area contributed by atoms with Gasteiger partial charge in [0.15, 0.2) is 14.7 Å². The second-order valence-corrected chi connectivity index (χ2v) is 8.98. The SMILES string of the molecule is CC(C)(C)c1ccc([S+](c2ccccc2)c2ccccc2)cc1.FC(F)F. The largest absolute Gasteiger partial charge is 0.379 e. The Balaban J connectivity index is 0.000000596. The lowest BCUT2D eigenvalue weighted by atomic mass is 9.87. The molecule has 0 aliphatic rings. The van der Waals surface area contributed by atoms with Crippen molar-refractivity contribution in [2.75, 3.05) is 0 Å². The molecule has 3 aromatic carbocycles. The van der Waals surface area contributed by atoms with E-state index in [0.29, 0.717) is 0 Å². The normalized spacial score (nSPS) is 11.3. The van der Waals surface area contributed by atoms with Gasteiger partial charge in [0.05, 0.1) is 10.9 Å². The van der Waals surface area contributed by atoms with Crippen molar-refractivity contribution >= 4 is 10.9 Å². The summed E-state index contributed by atoms with van der Waals surface area (Å²) < 4.78 is 29.0. The van der Waals surface area contributed by atoms with Crippen LogP contribution in [-0.2, 0) is 16.3 Å². The summed E-state index contributed by atoms with van der Waals surface area (Å²) in [5.74, 6) is 0. The van der Waals surface area contributed by atoms with E-state index in [-0.39, 0.29) is 16.3 Å². The number of halogens is 3. The van der Waals surface area contributed by atoms with Gasteiger partial charge >= 0.3 is 6.68 Å². The summed E-state index contributed by atoms with van der Waals surface area (Å²) in [6, 6.07) is 30.7. The summed E-state index contributed by atoms with van der Waals surface area (Å²) in [7, 11) is -0.0497. The molecule has 0 aliphatic heterocycles. The van der Waals surface area contributed by atoms with Gasteiger partial charge in [0, 0.05) is 0 Å². The Morgan fingerprint density at radius 2 is 0.926 bits per heavy atom. The number of rotatable bonds is 3. The average molecular weight is 390 g/mol. The first kappa shape index (κ1) is 21.1. The standard InChI is InChI=1S/C22H23S.CHF3/c1-22(2,3)18-14-16-21(17-15-18)23(19-10-6-4-7-11-19)20-12-8-5-9-13-20;2-1(3)4/h4-17H,1-3H3;1H/q+1;. The summed E-state index contributed by atoms with van der Waals surface area (Å²) >= 11 is 0. The fraction of sp³-hybridized carbons (Fsp3) is 0.217. The van der Waals surface area contributed by atoms with Gasteiger partial charge in [-0.25, -0.2) is 0 Å². The fourth-order valence-electron chi connectivity index (χ4n) is 2.61. The Kier molecular flexibility index (Phi) is 7.55. The van der Waals surface area contributed by atoms with Gasteiger partial charge in [-0.15, -0.1) is 0 Å². The van der Waals surface area contributed by atoms with Crippen LogP contribution in [0.5, 0.6) is 0 Å². The van der Waals surface area contributed by atoms with Gasteiger partial charge in [-0.3, -0.25) is 0 Å². The van der Waals surface area contributed by atoms with Crippen LogP contribution < -0.4 is 0 Å². The Hall–Kier alpha value is -2.20. The van der Waals surface area contributed by atoms with Crippen molar-refractivity contribution in [3.63, 3.8) is 0 Å². The minimum atomic E-state index is -3.67. The fourth-order valence-corrected chi connectivity index (χ4v) is 4.70. The minimum absolute atomic E-state index is 0.0497. The quantitative estimate of drug-likeness (QED) is 0.414. The summed E-state index contributed by atoms with van der Waals surface area (Å²) in [6.07, 6.45) is 0. The molecule has 142 valence electrons. The maximum Gasteiger partial charge on any atom is 0.379 e. The van der Waals surface area contributed by atoms with Crippen LogP contribution in [0.15, 0.2) is 99.6 Å². The molecule has 0 saturated carbocycles. The second kappa shape index (κ2) is 9.65. The van der Waals surface area contributed by atoms with E-state index in [0.717, 1.165) is 0 Å². The number of hydrogen-bond donors (Lipinski definition) is 0. The van der Waals surface area contributed by atoms with Crippen molar-refractivity contribution in [2.45, 2.75) is 47.6 Å². The Morgan fingerprint density at radius 3 is 1.26 bits per heavy atom. The van der Waals surface area contributed by atoms with Crippen molar-refractivity contribution in [3.05, 3.63) is 90.5 Å². The third kappa shape index (κ3) is 6.47. The zero-order chi connectivity index (χ0) is 19.9. The predicted octanol–water partition coefficient (Wildman–Crippen LogP) is 7.26. The first-order valence-corrected chi connectivity index (χ1v) is 9.88. The number of benzene rings is 3. The highest BCUT2D eigenvalue weighted by Gasteiger charge is 2.28. The molecule has 3 rings (SSSR count). The van der Waals surface area contributed by atoms with Gasteiger partial charge in [0.25, 0.3) is 0 Å². The molecule has 0 bridgehead atoms. The molecular weight excluding hydrogens is 365 g/mol. The van der Waals surface area contributed by atoms with E-state index >= 15 is 0 Å². The van der Waals surface area contributed by atoms with E-state index in [4.69, 9.17) is 0 Å². The molecule has 4 heteroatoms. The highest BCUT2D eigenvalue weighted by atomic mass is 32.2. The minimum Gasteiger partial charge on any atom is -0.174 e. The highest BCUT2D eigenvalue weighted by molar-refractivity contribution is 7.97. The summed E-state index contributed by atoms with van der Waals surface area (Å²) in [6.45, 7) is 3.11. The molecule has 0 amide bonds. The molecule has 0 N–H and O–H groups in total. The Labute approximate surface area is 162 Å². The first-order valence-electron chi connectivity index (χ1n) is 8.66. The average Bonchev–Trinajstić information content (AvgIpc) is 2.63. The van der Waals surface area contributed by atoms with Gasteiger partial charge < -0.3 is 0 Å². The van der Waals surface area contributed by atoms with Crippen LogP contribution in [0.25, 0.3) is 0 Å². The molecule has 3 aromatic rings. The molecule has 0 fully saturated rings. The van der Waals surface area contributed by atoms with E-state index in [2.05, 4.69) is 106 Å². The van der Waals surface area contributed by atoms with E-state index in [1.165, 1.54) is 20.2 Å². The maximum atomic E-state index is 9.67. The second-order valence-electron chi connectivity index (χ2n) is 6.95. The van der Waals surface area contributed by atoms with Crippen molar-refractivity contribution in [1.82, 2.24) is 0 Å². The predicted molar refractivity (Wildman–Crippen MR) is 107 cm³/mol. The first-order chi connectivity index (χ1) is 12.8. The molecule has 0 spiro atoms. The molecule has 0 aromatic heterocycles. The molecule has 0 heterocycles. The number of hydrogen-bond acceptors (Lipinski definition) is 0. The lowest BCUT2D eigenvalue weighted by molar-refractivity contribution is 0.00819. The smallest absolute Gasteiger partial charge is 0.174 e. The van der Waals surface area contributed by atoms with Crippen LogP contribution in [-0.4, -0.2) is 6.68 Å². The zero-order valence-corrected chi connectivity index (χ0v) is 16.5. The zero-order valence-electron chi connectivity index (χ0n) is 15.7. The van der Waals surface area contributed by atoms with Gasteiger partial charge in [-0.2, -0.15) is 13.2 Å². The summed E-state index contributed by atoms with van der Waals surface area (Å²) in [4.78, 5) is 4.10. The highest BCUT2D eigenvalue weighted by Crippen LogP contribution is 2.32. The van der Waals surface area contributed by atoms with Crippen LogP contribution >= 0.6 is 0 Å². The molecule has 0 unspecified atom stereocenters. The van der Waals surface area contributed by atoms with E-state index in [1.54, 1.807) is 0 Å². The maximum absolute atomic E-state index is 9.67. The van der Waals surface area contributed by atoms with Gasteiger partial charge in [-0.05, 0) is 47.4 Å². The monoisotopic (exact) mass is 389 g/mol. The number of alkyl halides is 3. The third-order valence-corrected chi connectivity index (χ3v) is 6.14. The molecule has 27 heavy (non-hydrogen) atoms. The summed E-state index contributed by atoms with van der Waals surface area (Å²) in [5, 5.41) is 0. The van der Waals surface area contributed by atoms with E-state index in [1.807, 2.05) is 0 Å². The van der Waals surface area contributed by atoms with Crippen molar-refractivity contribution in [3.8, 4) is 0 Å². The van der Waals surface area contributed by atoms with Crippen LogP contribution in [0.2, 0.25) is 0 Å². The molecule has 0 nitrogen and oxygen atoms in total. The van der Waals surface area contributed by atoms with Crippen LogP contribution in [0.3, 0.4) is 0 Å². The Morgan fingerprint density at radius 1 is 0.593 bits per heavy atom.